The van der Waals surface area contributed by atoms with Gasteiger partial charge in [-0.2, -0.15) is 0 Å². The summed E-state index contributed by atoms with van der Waals surface area (Å²) in [7, 11) is 0.439. The summed E-state index contributed by atoms with van der Waals surface area (Å²) >= 11 is 0. The van der Waals surface area contributed by atoms with Crippen LogP contribution in [-0.4, -0.2) is 41.6 Å². The van der Waals surface area contributed by atoms with E-state index in [1.807, 2.05) is 20.8 Å². The Morgan fingerprint density at radius 1 is 1.10 bits per heavy atom. The molecule has 2 aromatic carbocycles. The Morgan fingerprint density at radius 2 is 1.66 bits per heavy atom. The number of ether oxygens (including phenoxy) is 2. The van der Waals surface area contributed by atoms with E-state index >= 15 is 0 Å². The molecule has 0 heterocycles. The quantitative estimate of drug-likeness (QED) is 0.708. The predicted molar refractivity (Wildman–Crippen MR) is 114 cm³/mol. The zero-order valence-electron chi connectivity index (χ0n) is 17.6. The Balaban J connectivity index is 2.61. The van der Waals surface area contributed by atoms with Crippen molar-refractivity contribution in [3.05, 3.63) is 47.5 Å². The fourth-order valence-electron chi connectivity index (χ4n) is 2.71. The van der Waals surface area contributed by atoms with Crippen molar-refractivity contribution in [1.29, 1.82) is 0 Å². The van der Waals surface area contributed by atoms with Gasteiger partial charge in [-0.3, -0.25) is 9.10 Å². The molecule has 1 atom stereocenters. The first-order valence-electron chi connectivity index (χ1n) is 9.28. The highest BCUT2D eigenvalue weighted by molar-refractivity contribution is 7.92. The van der Waals surface area contributed by atoms with Crippen LogP contribution in [0.4, 0.5) is 5.69 Å². The number of anilines is 1. The first kappa shape index (κ1) is 22.5. The summed E-state index contributed by atoms with van der Waals surface area (Å²) in [6, 6.07) is 9.46. The van der Waals surface area contributed by atoms with Crippen molar-refractivity contribution in [1.82, 2.24) is 5.32 Å². The molecule has 0 saturated carbocycles. The van der Waals surface area contributed by atoms with Crippen LogP contribution in [0.3, 0.4) is 0 Å². The maximum absolute atomic E-state index is 13.2. The number of amides is 1. The van der Waals surface area contributed by atoms with Crippen molar-refractivity contribution >= 4 is 21.6 Å². The van der Waals surface area contributed by atoms with E-state index in [0.717, 1.165) is 16.3 Å². The maximum Gasteiger partial charge on any atom is 0.264 e. The molecule has 1 unspecified atom stereocenters. The standard InChI is InChI=1S/C21H28N2O5S/c1-7-15(3)22-21(24)17-12-19(27-5)20(28-6)13-18(17)23(4)29(25,26)16-10-8-14(2)9-11-16/h8-13,15H,7H2,1-6H3,(H,22,24). The minimum absolute atomic E-state index is 0.0672. The van der Waals surface area contributed by atoms with Gasteiger partial charge in [-0.1, -0.05) is 24.6 Å². The number of rotatable bonds is 8. The van der Waals surface area contributed by atoms with Gasteiger partial charge in [-0.25, -0.2) is 8.42 Å². The van der Waals surface area contributed by atoms with Crippen LogP contribution >= 0.6 is 0 Å². The van der Waals surface area contributed by atoms with Crippen LogP contribution in [0, 0.1) is 6.92 Å². The number of nitrogens with zero attached hydrogens (tertiary/aromatic N) is 1. The fourth-order valence-corrected chi connectivity index (χ4v) is 3.92. The van der Waals surface area contributed by atoms with Gasteiger partial charge in [0.15, 0.2) is 11.5 Å². The largest absolute Gasteiger partial charge is 0.493 e. The molecule has 29 heavy (non-hydrogen) atoms. The molecule has 0 spiro atoms. The molecule has 0 bridgehead atoms. The van der Waals surface area contributed by atoms with E-state index < -0.39 is 10.0 Å². The van der Waals surface area contributed by atoms with Crippen LogP contribution in [0.15, 0.2) is 41.3 Å². The van der Waals surface area contributed by atoms with Gasteiger partial charge in [0.1, 0.15) is 0 Å². The predicted octanol–water partition coefficient (Wildman–Crippen LogP) is 3.37. The third-order valence-corrected chi connectivity index (χ3v) is 6.54. The van der Waals surface area contributed by atoms with Crippen LogP contribution in [-0.2, 0) is 10.0 Å². The molecule has 7 nitrogen and oxygen atoms in total. The van der Waals surface area contributed by atoms with Crippen LogP contribution in [0.2, 0.25) is 0 Å². The Labute approximate surface area is 172 Å². The summed E-state index contributed by atoms with van der Waals surface area (Å²) in [6.07, 6.45) is 0.742. The van der Waals surface area contributed by atoms with E-state index in [4.69, 9.17) is 9.47 Å². The van der Waals surface area contributed by atoms with Gasteiger partial charge in [-0.15, -0.1) is 0 Å². The molecule has 0 aromatic heterocycles. The molecule has 0 saturated heterocycles. The molecule has 0 radical (unpaired) electrons. The lowest BCUT2D eigenvalue weighted by atomic mass is 10.1. The number of hydrogen-bond donors (Lipinski definition) is 1. The van der Waals surface area contributed by atoms with Crippen LogP contribution in [0.1, 0.15) is 36.2 Å². The summed E-state index contributed by atoms with van der Waals surface area (Å²) < 4.78 is 38.1. The van der Waals surface area contributed by atoms with Crippen molar-refractivity contribution in [3.63, 3.8) is 0 Å². The van der Waals surface area contributed by atoms with Gasteiger partial charge in [0.2, 0.25) is 0 Å². The molecule has 1 amide bonds. The normalized spacial score (nSPS) is 12.2. The number of carbonyl (C=O) groups is 1. The van der Waals surface area contributed by atoms with Gasteiger partial charge in [-0.05, 0) is 38.5 Å². The Hall–Kier alpha value is -2.74. The van der Waals surface area contributed by atoms with Gasteiger partial charge in [0.05, 0.1) is 30.4 Å². The first-order valence-corrected chi connectivity index (χ1v) is 10.7. The van der Waals surface area contributed by atoms with Crippen molar-refractivity contribution in [2.45, 2.75) is 38.1 Å². The molecule has 1 N–H and O–H groups in total. The number of carbonyl (C=O) groups excluding carboxylic acids is 1. The third kappa shape index (κ3) is 4.82. The highest BCUT2D eigenvalue weighted by Gasteiger charge is 2.27. The summed E-state index contributed by atoms with van der Waals surface area (Å²) in [5.74, 6) is 0.279. The molecule has 0 aliphatic carbocycles. The van der Waals surface area contributed by atoms with Gasteiger partial charge >= 0.3 is 0 Å². The topological polar surface area (TPSA) is 84.9 Å². The third-order valence-electron chi connectivity index (χ3n) is 4.75. The minimum Gasteiger partial charge on any atom is -0.493 e. The molecule has 0 aliphatic rings. The molecule has 2 rings (SSSR count). The van der Waals surface area contributed by atoms with E-state index in [9.17, 15) is 13.2 Å². The van der Waals surface area contributed by atoms with Crippen LogP contribution in [0.25, 0.3) is 0 Å². The summed E-state index contributed by atoms with van der Waals surface area (Å²) in [4.78, 5) is 13.0. The lowest BCUT2D eigenvalue weighted by Gasteiger charge is -2.24. The van der Waals surface area contributed by atoms with Gasteiger partial charge in [0.25, 0.3) is 15.9 Å². The zero-order chi connectivity index (χ0) is 21.8. The number of methoxy groups -OCH3 is 2. The second-order valence-electron chi connectivity index (χ2n) is 6.79. The van der Waals surface area contributed by atoms with Gasteiger partial charge in [0, 0.05) is 19.2 Å². The maximum atomic E-state index is 13.2. The highest BCUT2D eigenvalue weighted by Crippen LogP contribution is 2.36. The molecular formula is C21H28N2O5S. The van der Waals surface area contributed by atoms with E-state index in [2.05, 4.69) is 5.32 Å². The highest BCUT2D eigenvalue weighted by atomic mass is 32.2. The second-order valence-corrected chi connectivity index (χ2v) is 8.76. The summed E-state index contributed by atoms with van der Waals surface area (Å²) in [5.41, 5.74) is 1.33. The number of benzene rings is 2. The van der Waals surface area contributed by atoms with Crippen molar-refractivity contribution in [3.8, 4) is 11.5 Å². The molecule has 8 heteroatoms. The van der Waals surface area contributed by atoms with Crippen LogP contribution < -0.4 is 19.1 Å². The smallest absolute Gasteiger partial charge is 0.264 e. The van der Waals surface area contributed by atoms with E-state index in [1.165, 1.54) is 33.4 Å². The van der Waals surface area contributed by atoms with E-state index in [0.29, 0.717) is 11.5 Å². The van der Waals surface area contributed by atoms with Crippen LogP contribution in [0.5, 0.6) is 11.5 Å². The SMILES string of the molecule is CCC(C)NC(=O)c1cc(OC)c(OC)cc1N(C)S(=O)(=O)c1ccc(C)cc1. The molecule has 2 aromatic rings. The Bertz CT molecular complexity index is 971. The lowest BCUT2D eigenvalue weighted by Crippen LogP contribution is -2.34. The number of nitrogens with one attached hydrogen (secondary N) is 1. The molecule has 0 fully saturated rings. The Morgan fingerprint density at radius 3 is 2.17 bits per heavy atom. The van der Waals surface area contributed by atoms with E-state index in [1.54, 1.807) is 24.3 Å². The monoisotopic (exact) mass is 420 g/mol. The average Bonchev–Trinajstić information content (AvgIpc) is 2.72. The summed E-state index contributed by atoms with van der Waals surface area (Å²) in [5, 5.41) is 2.87. The lowest BCUT2D eigenvalue weighted by molar-refractivity contribution is 0.0939. The fraction of sp³-hybridized carbons (Fsp3) is 0.381. The number of sulfonamides is 1. The second kappa shape index (κ2) is 9.17. The molecule has 0 aliphatic heterocycles. The van der Waals surface area contributed by atoms with Gasteiger partial charge < -0.3 is 14.8 Å². The average molecular weight is 421 g/mol. The Kier molecular flexibility index (Phi) is 7.13. The molecular weight excluding hydrogens is 392 g/mol. The van der Waals surface area contributed by atoms with Crippen molar-refractivity contribution in [2.75, 3.05) is 25.6 Å². The van der Waals surface area contributed by atoms with Crippen molar-refractivity contribution in [2.24, 2.45) is 0 Å². The minimum atomic E-state index is -3.89. The first-order chi connectivity index (χ1) is 13.6. The number of aryl methyl sites for hydroxylation is 1. The van der Waals surface area contributed by atoms with Crippen molar-refractivity contribution < 1.29 is 22.7 Å². The van der Waals surface area contributed by atoms with E-state index in [-0.39, 0.29) is 28.1 Å². The number of hydrogen-bond acceptors (Lipinski definition) is 5. The molecule has 158 valence electrons. The zero-order valence-corrected chi connectivity index (χ0v) is 18.5. The summed E-state index contributed by atoms with van der Waals surface area (Å²) in [6.45, 7) is 5.71.